The zero-order valence-corrected chi connectivity index (χ0v) is 12.5. The molecule has 0 aromatic carbocycles. The minimum atomic E-state index is -0.189. The maximum atomic E-state index is 11.9. The minimum Gasteiger partial charge on any atom is -0.467 e. The number of amides is 1. The van der Waals surface area contributed by atoms with E-state index in [1.807, 2.05) is 16.7 Å². The number of thioether (sulfide) groups is 1. The van der Waals surface area contributed by atoms with E-state index in [0.29, 0.717) is 23.3 Å². The summed E-state index contributed by atoms with van der Waals surface area (Å²) in [5.41, 5.74) is 0. The summed E-state index contributed by atoms with van der Waals surface area (Å²) in [5, 5.41) is 14.9. The fraction of sp³-hybridized carbons (Fsp3) is 0.231. The van der Waals surface area contributed by atoms with Gasteiger partial charge >= 0.3 is 0 Å². The van der Waals surface area contributed by atoms with Crippen LogP contribution < -0.4 is 5.32 Å². The number of rotatable bonds is 6. The van der Waals surface area contributed by atoms with E-state index in [0.717, 1.165) is 5.76 Å². The monoisotopic (exact) mass is 319 g/mol. The molecule has 0 bridgehead atoms. The Bertz CT molecular complexity index is 749. The van der Waals surface area contributed by atoms with Gasteiger partial charge in [0.25, 0.3) is 0 Å². The Morgan fingerprint density at radius 3 is 3.14 bits per heavy atom. The molecule has 8 nitrogen and oxygen atoms in total. The van der Waals surface area contributed by atoms with Crippen LogP contribution in [0.2, 0.25) is 0 Å². The van der Waals surface area contributed by atoms with E-state index in [4.69, 9.17) is 8.94 Å². The minimum absolute atomic E-state index is 0.189. The second kappa shape index (κ2) is 6.48. The van der Waals surface area contributed by atoms with Gasteiger partial charge in [-0.25, -0.2) is 0 Å². The summed E-state index contributed by atoms with van der Waals surface area (Å²) >= 11 is 1.29. The lowest BCUT2D eigenvalue weighted by Crippen LogP contribution is -2.14. The molecular weight excluding hydrogens is 306 g/mol. The van der Waals surface area contributed by atoms with Crippen molar-refractivity contribution in [3.05, 3.63) is 42.3 Å². The molecule has 0 atom stereocenters. The number of nitrogens with zero attached hydrogens (tertiary/aromatic N) is 4. The molecule has 0 saturated carbocycles. The van der Waals surface area contributed by atoms with Gasteiger partial charge in [-0.15, -0.1) is 10.2 Å². The molecule has 0 unspecified atom stereocenters. The summed E-state index contributed by atoms with van der Waals surface area (Å²) in [5.74, 6) is 1.85. The number of aryl methyl sites for hydroxylation is 1. The van der Waals surface area contributed by atoms with Gasteiger partial charge in [0.15, 0.2) is 11.0 Å². The van der Waals surface area contributed by atoms with Crippen molar-refractivity contribution in [1.29, 1.82) is 0 Å². The van der Waals surface area contributed by atoms with E-state index in [-0.39, 0.29) is 11.7 Å². The maximum absolute atomic E-state index is 11.9. The average Bonchev–Trinajstić information content (AvgIpc) is 3.21. The van der Waals surface area contributed by atoms with E-state index in [1.54, 1.807) is 25.6 Å². The quantitative estimate of drug-likeness (QED) is 0.693. The Morgan fingerprint density at radius 2 is 2.41 bits per heavy atom. The predicted octanol–water partition coefficient (Wildman–Crippen LogP) is 1.95. The molecule has 0 spiro atoms. The number of anilines is 1. The molecule has 3 heterocycles. The van der Waals surface area contributed by atoms with Crippen LogP contribution in [0.15, 0.2) is 44.9 Å². The first kappa shape index (κ1) is 14.4. The summed E-state index contributed by atoms with van der Waals surface area (Å²) in [6.07, 6.45) is 3.21. The summed E-state index contributed by atoms with van der Waals surface area (Å²) < 4.78 is 12.0. The van der Waals surface area contributed by atoms with Gasteiger partial charge < -0.3 is 18.8 Å². The van der Waals surface area contributed by atoms with Crippen molar-refractivity contribution in [2.45, 2.75) is 18.6 Å². The van der Waals surface area contributed by atoms with Crippen molar-refractivity contribution in [3.8, 4) is 0 Å². The number of nitrogens with one attached hydrogen (secondary N) is 1. The Balaban J connectivity index is 1.55. The number of hydrogen-bond acceptors (Lipinski definition) is 7. The Hall–Kier alpha value is -2.55. The summed E-state index contributed by atoms with van der Waals surface area (Å²) in [6.45, 7) is 2.28. The first-order chi connectivity index (χ1) is 10.7. The highest BCUT2D eigenvalue weighted by Crippen LogP contribution is 2.17. The van der Waals surface area contributed by atoms with Crippen molar-refractivity contribution < 1.29 is 13.7 Å². The summed E-state index contributed by atoms with van der Waals surface area (Å²) in [4.78, 5) is 11.9. The lowest BCUT2D eigenvalue weighted by atomic mass is 10.4. The van der Waals surface area contributed by atoms with E-state index in [1.165, 1.54) is 11.8 Å². The number of carbonyl (C=O) groups excluding carboxylic acids is 1. The highest BCUT2D eigenvalue weighted by molar-refractivity contribution is 7.99. The van der Waals surface area contributed by atoms with Crippen LogP contribution >= 0.6 is 11.8 Å². The van der Waals surface area contributed by atoms with Crippen LogP contribution in [0, 0.1) is 6.92 Å². The van der Waals surface area contributed by atoms with Crippen LogP contribution in [-0.4, -0.2) is 31.6 Å². The second-order valence-electron chi connectivity index (χ2n) is 4.48. The van der Waals surface area contributed by atoms with Crippen LogP contribution in [0.4, 0.5) is 5.82 Å². The third-order valence-electron chi connectivity index (χ3n) is 2.71. The smallest absolute Gasteiger partial charge is 0.236 e. The average molecular weight is 319 g/mol. The van der Waals surface area contributed by atoms with Gasteiger partial charge in [-0.05, 0) is 19.1 Å². The summed E-state index contributed by atoms with van der Waals surface area (Å²) in [6, 6.07) is 5.34. The SMILES string of the molecule is Cc1cc(NC(=O)CSc2nncn2Cc2ccco2)no1. The van der Waals surface area contributed by atoms with Gasteiger partial charge in [-0.1, -0.05) is 16.9 Å². The van der Waals surface area contributed by atoms with E-state index >= 15 is 0 Å². The van der Waals surface area contributed by atoms with Crippen LogP contribution in [0.1, 0.15) is 11.5 Å². The summed E-state index contributed by atoms with van der Waals surface area (Å²) in [7, 11) is 0. The molecule has 9 heteroatoms. The van der Waals surface area contributed by atoms with Crippen LogP contribution in [0.25, 0.3) is 0 Å². The molecule has 0 aliphatic heterocycles. The van der Waals surface area contributed by atoms with Crippen LogP contribution in [0.3, 0.4) is 0 Å². The lowest BCUT2D eigenvalue weighted by Gasteiger charge is -2.04. The van der Waals surface area contributed by atoms with Gasteiger partial charge in [0.2, 0.25) is 5.91 Å². The van der Waals surface area contributed by atoms with Crippen molar-refractivity contribution in [3.63, 3.8) is 0 Å². The van der Waals surface area contributed by atoms with Crippen LogP contribution in [-0.2, 0) is 11.3 Å². The van der Waals surface area contributed by atoms with Gasteiger partial charge in [0, 0.05) is 6.07 Å². The number of furan rings is 1. The molecule has 1 amide bonds. The van der Waals surface area contributed by atoms with Gasteiger partial charge in [-0.3, -0.25) is 4.79 Å². The molecule has 1 N–H and O–H groups in total. The topological polar surface area (TPSA) is 99.0 Å². The number of aromatic nitrogens is 4. The highest BCUT2D eigenvalue weighted by Gasteiger charge is 2.11. The van der Waals surface area contributed by atoms with Gasteiger partial charge in [0.05, 0.1) is 18.6 Å². The fourth-order valence-corrected chi connectivity index (χ4v) is 2.48. The lowest BCUT2D eigenvalue weighted by molar-refractivity contribution is -0.113. The Labute approximate surface area is 129 Å². The third-order valence-corrected chi connectivity index (χ3v) is 3.69. The van der Waals surface area contributed by atoms with Crippen molar-refractivity contribution >= 4 is 23.5 Å². The molecular formula is C13H13N5O3S. The van der Waals surface area contributed by atoms with E-state index in [9.17, 15) is 4.79 Å². The molecule has 3 aromatic rings. The molecule has 3 aromatic heterocycles. The van der Waals surface area contributed by atoms with Crippen LogP contribution in [0.5, 0.6) is 0 Å². The standard InChI is InChI=1S/C13H13N5O3S/c1-9-5-11(17-21-9)15-12(19)7-22-13-16-14-8-18(13)6-10-3-2-4-20-10/h2-5,8H,6-7H2,1H3,(H,15,17,19). The fourth-order valence-electron chi connectivity index (χ4n) is 1.77. The first-order valence-corrected chi connectivity index (χ1v) is 7.45. The molecule has 0 fully saturated rings. The molecule has 22 heavy (non-hydrogen) atoms. The number of hydrogen-bond donors (Lipinski definition) is 1. The van der Waals surface area contributed by atoms with Crippen molar-refractivity contribution in [2.75, 3.05) is 11.1 Å². The van der Waals surface area contributed by atoms with Crippen molar-refractivity contribution in [1.82, 2.24) is 19.9 Å². The molecule has 114 valence electrons. The number of carbonyl (C=O) groups is 1. The van der Waals surface area contributed by atoms with Crippen molar-refractivity contribution in [2.24, 2.45) is 0 Å². The normalized spacial score (nSPS) is 10.8. The zero-order chi connectivity index (χ0) is 15.4. The second-order valence-corrected chi connectivity index (χ2v) is 5.42. The predicted molar refractivity (Wildman–Crippen MR) is 78.4 cm³/mol. The zero-order valence-electron chi connectivity index (χ0n) is 11.7. The molecule has 0 aliphatic carbocycles. The maximum Gasteiger partial charge on any atom is 0.236 e. The van der Waals surface area contributed by atoms with E-state index in [2.05, 4.69) is 20.7 Å². The Kier molecular flexibility index (Phi) is 4.24. The van der Waals surface area contributed by atoms with Gasteiger partial charge in [-0.2, -0.15) is 0 Å². The first-order valence-electron chi connectivity index (χ1n) is 6.47. The molecule has 0 radical (unpaired) electrons. The molecule has 0 saturated heterocycles. The largest absolute Gasteiger partial charge is 0.467 e. The highest BCUT2D eigenvalue weighted by atomic mass is 32.2. The molecule has 0 aliphatic rings. The van der Waals surface area contributed by atoms with Gasteiger partial charge in [0.1, 0.15) is 17.8 Å². The third kappa shape index (κ3) is 3.55. The van der Waals surface area contributed by atoms with E-state index < -0.39 is 0 Å². The Morgan fingerprint density at radius 1 is 1.50 bits per heavy atom. The molecule has 3 rings (SSSR count).